The van der Waals surface area contributed by atoms with Crippen LogP contribution in [-0.4, -0.2) is 70.2 Å². The Hall–Kier alpha value is -3.83. The van der Waals surface area contributed by atoms with Crippen LogP contribution >= 0.6 is 0 Å². The van der Waals surface area contributed by atoms with Crippen LogP contribution in [0.2, 0.25) is 0 Å². The molecule has 0 bridgehead atoms. The molecule has 230 valence electrons. The van der Waals surface area contributed by atoms with Crippen LogP contribution in [-0.2, 0) is 22.7 Å². The van der Waals surface area contributed by atoms with Crippen molar-refractivity contribution in [2.45, 2.75) is 69.6 Å². The zero-order chi connectivity index (χ0) is 29.8. The van der Waals surface area contributed by atoms with Gasteiger partial charge in [-0.3, -0.25) is 29.5 Å². The lowest BCUT2D eigenvalue weighted by atomic mass is 9.80. The number of nitrogens with one attached hydrogen (secondary N) is 3. The Bertz CT molecular complexity index is 1590. The van der Waals surface area contributed by atoms with Crippen molar-refractivity contribution in [1.82, 2.24) is 30.3 Å². The van der Waals surface area contributed by atoms with Gasteiger partial charge in [0.15, 0.2) is 0 Å². The van der Waals surface area contributed by atoms with Gasteiger partial charge in [0, 0.05) is 81.7 Å². The largest absolute Gasteiger partial charge is 0.385 e. The number of halogens is 1. The fraction of sp³-hybridized carbons (Fsp3) is 0.515. The van der Waals surface area contributed by atoms with E-state index in [0.717, 1.165) is 99.8 Å². The molecule has 44 heavy (non-hydrogen) atoms. The Kier molecular flexibility index (Phi) is 7.09. The second-order valence-electron chi connectivity index (χ2n) is 13.2. The number of piperidine rings is 1. The fourth-order valence-electron chi connectivity index (χ4n) is 7.34. The van der Waals surface area contributed by atoms with E-state index in [0.29, 0.717) is 30.7 Å². The van der Waals surface area contributed by atoms with Gasteiger partial charge in [0.25, 0.3) is 0 Å². The van der Waals surface area contributed by atoms with Crippen molar-refractivity contribution in [3.63, 3.8) is 0 Å². The van der Waals surface area contributed by atoms with Crippen LogP contribution in [0.3, 0.4) is 0 Å². The summed E-state index contributed by atoms with van der Waals surface area (Å²) < 4.78 is 16.5. The summed E-state index contributed by atoms with van der Waals surface area (Å²) in [5.74, 6) is 0.387. The van der Waals surface area contributed by atoms with E-state index in [-0.39, 0.29) is 23.7 Å². The summed E-state index contributed by atoms with van der Waals surface area (Å²) in [7, 11) is 0. The first-order valence-corrected chi connectivity index (χ1v) is 16.1. The summed E-state index contributed by atoms with van der Waals surface area (Å²) in [6, 6.07) is 8.27. The molecule has 4 fully saturated rings. The van der Waals surface area contributed by atoms with E-state index in [1.165, 1.54) is 17.3 Å². The van der Waals surface area contributed by atoms with E-state index < -0.39 is 0 Å². The molecule has 0 radical (unpaired) electrons. The summed E-state index contributed by atoms with van der Waals surface area (Å²) in [5.41, 5.74) is 7.51. The number of imide groups is 1. The highest BCUT2D eigenvalue weighted by Gasteiger charge is 2.37. The average Bonchev–Trinajstić information content (AvgIpc) is 3.62. The maximum Gasteiger partial charge on any atom is 0.243 e. The molecule has 2 saturated carbocycles. The van der Waals surface area contributed by atoms with Crippen molar-refractivity contribution in [3.8, 4) is 11.3 Å². The number of carbonyl (C=O) groups excluding carboxylic acids is 2. The van der Waals surface area contributed by atoms with Crippen LogP contribution in [0, 0.1) is 11.7 Å². The molecule has 1 aromatic carbocycles. The van der Waals surface area contributed by atoms with Gasteiger partial charge in [-0.25, -0.2) is 4.39 Å². The summed E-state index contributed by atoms with van der Waals surface area (Å²) in [4.78, 5) is 33.0. The molecule has 2 aliphatic carbocycles. The molecule has 1 unspecified atom stereocenters. The van der Waals surface area contributed by atoms with Gasteiger partial charge in [-0.1, -0.05) is 6.07 Å². The van der Waals surface area contributed by atoms with Crippen molar-refractivity contribution < 1.29 is 14.0 Å². The van der Waals surface area contributed by atoms with Gasteiger partial charge >= 0.3 is 0 Å². The molecule has 5 heterocycles. The normalized spacial score (nSPS) is 25.5. The van der Waals surface area contributed by atoms with Gasteiger partial charge in [0.2, 0.25) is 11.8 Å². The third-order valence-corrected chi connectivity index (χ3v) is 10.1. The Labute approximate surface area is 256 Å². The minimum Gasteiger partial charge on any atom is -0.385 e. The Morgan fingerprint density at radius 1 is 1.02 bits per heavy atom. The first-order valence-electron chi connectivity index (χ1n) is 16.1. The molecule has 2 saturated heterocycles. The number of hydrogen-bond acceptors (Lipinski definition) is 8. The third-order valence-electron chi connectivity index (χ3n) is 10.1. The molecule has 1 atom stereocenters. The molecule has 2 aromatic heterocycles. The lowest BCUT2D eigenvalue weighted by Crippen LogP contribution is -2.50. The number of aromatic nitrogens is 3. The Morgan fingerprint density at radius 2 is 1.84 bits per heavy atom. The average molecular weight is 599 g/mol. The van der Waals surface area contributed by atoms with E-state index in [1.807, 2.05) is 0 Å². The summed E-state index contributed by atoms with van der Waals surface area (Å²) in [5, 5.41) is 14.6. The zero-order valence-electron chi connectivity index (χ0n) is 24.9. The maximum absolute atomic E-state index is 14.4. The Morgan fingerprint density at radius 3 is 2.64 bits per heavy atom. The number of carbonyl (C=O) groups is 2. The van der Waals surface area contributed by atoms with E-state index in [9.17, 15) is 14.0 Å². The van der Waals surface area contributed by atoms with Crippen LogP contribution < -0.4 is 20.9 Å². The zero-order valence-corrected chi connectivity index (χ0v) is 24.9. The predicted octanol–water partition coefficient (Wildman–Crippen LogP) is 3.56. The molecule has 8 rings (SSSR count). The van der Waals surface area contributed by atoms with Crippen molar-refractivity contribution in [1.29, 1.82) is 0 Å². The van der Waals surface area contributed by atoms with Crippen LogP contribution in [0.4, 0.5) is 15.8 Å². The van der Waals surface area contributed by atoms with Crippen molar-refractivity contribution >= 4 is 23.2 Å². The SMILES string of the molecule is O=C1CCC(N2Cc3ccc(NC[C@H]4C[C@H](n5cc(-c6ncc(F)cc6N6CCNCC6)c(C6CC6)n5)C4)cc3C2)C(=O)N1. The van der Waals surface area contributed by atoms with E-state index in [2.05, 4.69) is 59.8 Å². The molecule has 0 spiro atoms. The number of amides is 2. The molecular weight excluding hydrogens is 559 g/mol. The summed E-state index contributed by atoms with van der Waals surface area (Å²) in [6.07, 6.45) is 8.93. The lowest BCUT2D eigenvalue weighted by molar-refractivity contribution is -0.137. The number of piperazine rings is 1. The number of pyridine rings is 1. The van der Waals surface area contributed by atoms with Crippen molar-refractivity contribution in [3.05, 3.63) is 59.3 Å². The molecule has 3 N–H and O–H groups in total. The van der Waals surface area contributed by atoms with Gasteiger partial charge < -0.3 is 15.5 Å². The van der Waals surface area contributed by atoms with E-state index in [1.54, 1.807) is 6.07 Å². The minimum absolute atomic E-state index is 0.172. The number of benzene rings is 1. The van der Waals surface area contributed by atoms with Gasteiger partial charge in [0.1, 0.15) is 5.82 Å². The number of anilines is 2. The topological polar surface area (TPSA) is 107 Å². The molecule has 3 aliphatic heterocycles. The van der Waals surface area contributed by atoms with Crippen LogP contribution in [0.5, 0.6) is 0 Å². The highest BCUT2D eigenvalue weighted by atomic mass is 19.1. The van der Waals surface area contributed by atoms with Gasteiger partial charge in [-0.15, -0.1) is 0 Å². The summed E-state index contributed by atoms with van der Waals surface area (Å²) >= 11 is 0. The van der Waals surface area contributed by atoms with Gasteiger partial charge in [-0.2, -0.15) is 5.10 Å². The first-order chi connectivity index (χ1) is 21.5. The second kappa shape index (κ2) is 11.3. The highest BCUT2D eigenvalue weighted by molar-refractivity contribution is 6.00. The number of fused-ring (bicyclic) bond motifs is 1. The predicted molar refractivity (Wildman–Crippen MR) is 165 cm³/mol. The monoisotopic (exact) mass is 598 g/mol. The molecular formula is C33H39FN8O2. The van der Waals surface area contributed by atoms with Gasteiger partial charge in [-0.05, 0) is 61.3 Å². The van der Waals surface area contributed by atoms with Crippen LogP contribution in [0.1, 0.15) is 67.3 Å². The Balaban J connectivity index is 0.907. The molecule has 11 heteroatoms. The maximum atomic E-state index is 14.4. The molecule has 2 amide bonds. The van der Waals surface area contributed by atoms with E-state index >= 15 is 0 Å². The number of rotatable bonds is 8. The number of nitrogens with zero attached hydrogens (tertiary/aromatic N) is 5. The minimum atomic E-state index is -0.299. The summed E-state index contributed by atoms with van der Waals surface area (Å²) in [6.45, 7) is 5.82. The van der Waals surface area contributed by atoms with Crippen LogP contribution in [0.25, 0.3) is 11.3 Å². The van der Waals surface area contributed by atoms with Crippen molar-refractivity contribution in [2.24, 2.45) is 5.92 Å². The van der Waals surface area contributed by atoms with Crippen molar-refractivity contribution in [2.75, 3.05) is 42.9 Å². The molecule has 10 nitrogen and oxygen atoms in total. The third kappa shape index (κ3) is 5.36. The van der Waals surface area contributed by atoms with Gasteiger partial charge in [0.05, 0.1) is 35.4 Å². The quantitative estimate of drug-likeness (QED) is 0.338. The fourth-order valence-corrected chi connectivity index (χ4v) is 7.34. The first kappa shape index (κ1) is 27.7. The molecule has 3 aromatic rings. The van der Waals surface area contributed by atoms with E-state index in [4.69, 9.17) is 5.10 Å². The smallest absolute Gasteiger partial charge is 0.243 e. The number of hydrogen-bond donors (Lipinski definition) is 3. The standard InChI is InChI=1S/C33H39FN8O2/c34-24-14-29(40-9-7-35-8-10-40)32(37-16-24)27-19-42(39-31(27)21-1-2-21)26-11-20(12-26)15-36-25-4-3-22-17-41(18-23(22)13-25)28-5-6-30(43)38-33(28)44/h3-4,13-14,16,19-21,26,28,35-36H,1-2,5-12,15,17-18H2,(H,38,43,44)/t20-,26-,28?. The van der Waals surface area contributed by atoms with Crippen LogP contribution in [0.15, 0.2) is 36.7 Å². The lowest BCUT2D eigenvalue weighted by Gasteiger charge is -2.35. The second-order valence-corrected chi connectivity index (χ2v) is 13.2. The molecule has 5 aliphatic rings. The highest BCUT2D eigenvalue weighted by Crippen LogP contribution is 2.47.